The average Bonchev–Trinajstić information content (AvgIpc) is 2.31. The van der Waals surface area contributed by atoms with Gasteiger partial charge in [0.1, 0.15) is 5.78 Å². The third kappa shape index (κ3) is 2.01. The molecule has 0 saturated carbocycles. The van der Waals surface area contributed by atoms with Crippen LogP contribution in [0.2, 0.25) is 0 Å². The van der Waals surface area contributed by atoms with Crippen molar-refractivity contribution in [2.45, 2.75) is 13.0 Å². The molecule has 1 aromatic carbocycles. The summed E-state index contributed by atoms with van der Waals surface area (Å²) in [7, 11) is 0. The van der Waals surface area contributed by atoms with Crippen LogP contribution in [0.15, 0.2) is 30.3 Å². The van der Waals surface area contributed by atoms with E-state index in [1.54, 1.807) is 0 Å². The molecule has 1 aromatic rings. The first-order chi connectivity index (χ1) is 8.28. The molecule has 3 heteroatoms. The highest BCUT2D eigenvalue weighted by atomic mass is 16.5. The van der Waals surface area contributed by atoms with Crippen LogP contribution in [-0.4, -0.2) is 37.0 Å². The Morgan fingerprint density at radius 1 is 1.24 bits per heavy atom. The van der Waals surface area contributed by atoms with E-state index < -0.39 is 0 Å². The van der Waals surface area contributed by atoms with Gasteiger partial charge in [0.15, 0.2) is 0 Å². The fraction of sp³-hybridized carbons (Fsp3) is 0.500. The third-order valence-corrected chi connectivity index (χ3v) is 3.78. The summed E-state index contributed by atoms with van der Waals surface area (Å²) in [6.07, 6.45) is 0.677. The molecule has 2 saturated heterocycles. The first-order valence-electron chi connectivity index (χ1n) is 6.16. The lowest BCUT2D eigenvalue weighted by Crippen LogP contribution is -2.59. The topological polar surface area (TPSA) is 29.5 Å². The standard InChI is InChI=1S/C14H17NO2/c16-13-6-7-15(9-14(13)10-17-11-14)8-12-4-2-1-3-5-12/h1-5H,6-11H2. The molecule has 90 valence electrons. The van der Waals surface area contributed by atoms with Crippen molar-refractivity contribution >= 4 is 5.78 Å². The maximum atomic E-state index is 11.9. The lowest BCUT2D eigenvalue weighted by Gasteiger charge is -2.46. The molecular weight excluding hydrogens is 214 g/mol. The Balaban J connectivity index is 1.67. The maximum absolute atomic E-state index is 11.9. The van der Waals surface area contributed by atoms with Crippen molar-refractivity contribution in [2.24, 2.45) is 5.41 Å². The number of ketones is 1. The van der Waals surface area contributed by atoms with E-state index in [1.807, 2.05) is 6.07 Å². The summed E-state index contributed by atoms with van der Waals surface area (Å²) in [6.45, 7) is 3.93. The predicted molar refractivity (Wildman–Crippen MR) is 64.6 cm³/mol. The molecule has 17 heavy (non-hydrogen) atoms. The van der Waals surface area contributed by atoms with Gasteiger partial charge in [-0.1, -0.05) is 30.3 Å². The highest BCUT2D eigenvalue weighted by Gasteiger charge is 2.48. The minimum Gasteiger partial charge on any atom is -0.379 e. The normalized spacial score (nSPS) is 23.6. The van der Waals surface area contributed by atoms with Crippen molar-refractivity contribution in [3.05, 3.63) is 35.9 Å². The van der Waals surface area contributed by atoms with Gasteiger partial charge in [0.2, 0.25) is 0 Å². The van der Waals surface area contributed by atoms with Crippen LogP contribution in [0.4, 0.5) is 0 Å². The van der Waals surface area contributed by atoms with Gasteiger partial charge in [-0.05, 0) is 5.56 Å². The van der Waals surface area contributed by atoms with Gasteiger partial charge < -0.3 is 4.74 Å². The van der Waals surface area contributed by atoms with E-state index in [4.69, 9.17) is 4.74 Å². The van der Waals surface area contributed by atoms with Crippen LogP contribution in [-0.2, 0) is 16.1 Å². The molecule has 0 aliphatic carbocycles. The SMILES string of the molecule is O=C1CCN(Cc2ccccc2)CC12COC2. The van der Waals surface area contributed by atoms with Crippen LogP contribution in [0, 0.1) is 5.41 Å². The van der Waals surface area contributed by atoms with Gasteiger partial charge in [0, 0.05) is 26.1 Å². The minimum absolute atomic E-state index is 0.174. The van der Waals surface area contributed by atoms with E-state index in [0.717, 1.165) is 19.6 Å². The molecule has 1 spiro atoms. The van der Waals surface area contributed by atoms with Gasteiger partial charge in [-0.15, -0.1) is 0 Å². The monoisotopic (exact) mass is 231 g/mol. The molecule has 0 N–H and O–H groups in total. The van der Waals surface area contributed by atoms with Crippen LogP contribution in [0.1, 0.15) is 12.0 Å². The highest BCUT2D eigenvalue weighted by molar-refractivity contribution is 5.87. The van der Waals surface area contributed by atoms with Crippen molar-refractivity contribution in [1.82, 2.24) is 4.90 Å². The van der Waals surface area contributed by atoms with Crippen molar-refractivity contribution in [2.75, 3.05) is 26.3 Å². The summed E-state index contributed by atoms with van der Waals surface area (Å²) in [5.41, 5.74) is 1.14. The number of hydrogen-bond acceptors (Lipinski definition) is 3. The van der Waals surface area contributed by atoms with E-state index in [0.29, 0.717) is 25.4 Å². The fourth-order valence-electron chi connectivity index (χ4n) is 2.70. The average molecular weight is 231 g/mol. The number of benzene rings is 1. The Morgan fingerprint density at radius 2 is 2.00 bits per heavy atom. The van der Waals surface area contributed by atoms with E-state index in [1.165, 1.54) is 5.56 Å². The second-order valence-corrected chi connectivity index (χ2v) is 5.14. The van der Waals surface area contributed by atoms with Gasteiger partial charge in [-0.2, -0.15) is 0 Å². The Morgan fingerprint density at radius 3 is 2.65 bits per heavy atom. The number of carbonyl (C=O) groups excluding carboxylic acids is 1. The molecule has 0 amide bonds. The Labute approximate surface area is 101 Å². The molecule has 0 unspecified atom stereocenters. The van der Waals surface area contributed by atoms with Crippen LogP contribution >= 0.6 is 0 Å². The molecule has 3 rings (SSSR count). The molecule has 0 radical (unpaired) electrons. The van der Waals surface area contributed by atoms with Crippen molar-refractivity contribution < 1.29 is 9.53 Å². The molecule has 2 heterocycles. The first kappa shape index (κ1) is 10.9. The molecular formula is C14H17NO2. The van der Waals surface area contributed by atoms with E-state index in [9.17, 15) is 4.79 Å². The zero-order chi connectivity index (χ0) is 11.7. The Bertz CT molecular complexity index is 411. The van der Waals surface area contributed by atoms with Crippen molar-refractivity contribution in [3.8, 4) is 0 Å². The molecule has 2 aliphatic heterocycles. The van der Waals surface area contributed by atoms with Crippen LogP contribution in [0.25, 0.3) is 0 Å². The first-order valence-corrected chi connectivity index (χ1v) is 6.16. The second-order valence-electron chi connectivity index (χ2n) is 5.14. The molecule has 0 aromatic heterocycles. The third-order valence-electron chi connectivity index (χ3n) is 3.78. The van der Waals surface area contributed by atoms with Gasteiger partial charge in [-0.3, -0.25) is 9.69 Å². The number of carbonyl (C=O) groups is 1. The van der Waals surface area contributed by atoms with Gasteiger partial charge >= 0.3 is 0 Å². The number of piperidine rings is 1. The summed E-state index contributed by atoms with van der Waals surface area (Å²) in [5.74, 6) is 0.396. The molecule has 2 fully saturated rings. The van der Waals surface area contributed by atoms with Crippen molar-refractivity contribution in [1.29, 1.82) is 0 Å². The quantitative estimate of drug-likeness (QED) is 0.772. The largest absolute Gasteiger partial charge is 0.379 e. The highest BCUT2D eigenvalue weighted by Crippen LogP contribution is 2.34. The lowest BCUT2D eigenvalue weighted by molar-refractivity contribution is -0.170. The zero-order valence-electron chi connectivity index (χ0n) is 9.89. The van der Waals surface area contributed by atoms with E-state index >= 15 is 0 Å². The summed E-state index contributed by atoms with van der Waals surface area (Å²) in [6, 6.07) is 10.4. The second kappa shape index (κ2) is 4.24. The smallest absolute Gasteiger partial charge is 0.146 e. The number of nitrogens with zero attached hydrogens (tertiary/aromatic N) is 1. The van der Waals surface area contributed by atoms with Crippen LogP contribution in [0.3, 0.4) is 0 Å². The summed E-state index contributed by atoms with van der Waals surface area (Å²) >= 11 is 0. The van der Waals surface area contributed by atoms with Crippen LogP contribution in [0.5, 0.6) is 0 Å². The summed E-state index contributed by atoms with van der Waals surface area (Å²) < 4.78 is 5.24. The van der Waals surface area contributed by atoms with E-state index in [2.05, 4.69) is 29.2 Å². The number of rotatable bonds is 2. The molecule has 0 bridgehead atoms. The lowest BCUT2D eigenvalue weighted by atomic mass is 9.77. The molecule has 0 atom stereocenters. The number of hydrogen-bond donors (Lipinski definition) is 0. The molecule has 2 aliphatic rings. The minimum atomic E-state index is -0.174. The van der Waals surface area contributed by atoms with E-state index in [-0.39, 0.29) is 5.41 Å². The number of ether oxygens (including phenoxy) is 1. The van der Waals surface area contributed by atoms with Gasteiger partial charge in [0.05, 0.1) is 18.6 Å². The Kier molecular flexibility index (Phi) is 2.73. The predicted octanol–water partition coefficient (Wildman–Crippen LogP) is 1.48. The number of likely N-dealkylation sites (tertiary alicyclic amines) is 1. The zero-order valence-corrected chi connectivity index (χ0v) is 9.89. The van der Waals surface area contributed by atoms with Gasteiger partial charge in [0.25, 0.3) is 0 Å². The summed E-state index contributed by atoms with van der Waals surface area (Å²) in [4.78, 5) is 14.3. The van der Waals surface area contributed by atoms with Crippen molar-refractivity contribution in [3.63, 3.8) is 0 Å². The summed E-state index contributed by atoms with van der Waals surface area (Å²) in [5, 5.41) is 0. The van der Waals surface area contributed by atoms with Gasteiger partial charge in [-0.25, -0.2) is 0 Å². The maximum Gasteiger partial charge on any atom is 0.146 e. The Hall–Kier alpha value is -1.19. The molecule has 3 nitrogen and oxygen atoms in total. The number of Topliss-reactive ketones (excluding diaryl/α,β-unsaturated/α-hetero) is 1. The van der Waals surface area contributed by atoms with Crippen LogP contribution < -0.4 is 0 Å². The fourth-order valence-corrected chi connectivity index (χ4v) is 2.70.